The number of allylic oxidation sites excluding steroid dienone is 1. The average molecular weight is 580 g/mol. The van der Waals surface area contributed by atoms with Gasteiger partial charge in [-0.3, -0.25) is 9.36 Å². The molecule has 0 unspecified atom stereocenters. The zero-order valence-corrected chi connectivity index (χ0v) is 23.5. The second-order valence-corrected chi connectivity index (χ2v) is 10.6. The molecular formula is C30H24Cl2N2O4S. The zero-order chi connectivity index (χ0) is 27.5. The van der Waals surface area contributed by atoms with Crippen LogP contribution < -0.4 is 19.6 Å². The highest BCUT2D eigenvalue weighted by Crippen LogP contribution is 2.31. The van der Waals surface area contributed by atoms with Crippen LogP contribution in [0.15, 0.2) is 93.9 Å². The van der Waals surface area contributed by atoms with E-state index in [1.165, 1.54) is 18.4 Å². The van der Waals surface area contributed by atoms with E-state index in [9.17, 15) is 9.59 Å². The number of hydrogen-bond acceptors (Lipinski definition) is 6. The average Bonchev–Trinajstić information content (AvgIpc) is 3.27. The maximum Gasteiger partial charge on any atom is 0.338 e. The van der Waals surface area contributed by atoms with Crippen LogP contribution in [0.3, 0.4) is 0 Å². The Morgan fingerprint density at radius 3 is 2.46 bits per heavy atom. The third kappa shape index (κ3) is 5.57. The molecule has 0 N–H and O–H groups in total. The number of fused-ring (bicyclic) bond motifs is 1. The Kier molecular flexibility index (Phi) is 8.02. The Morgan fingerprint density at radius 1 is 1.05 bits per heavy atom. The van der Waals surface area contributed by atoms with Gasteiger partial charge in [0.2, 0.25) is 0 Å². The van der Waals surface area contributed by atoms with Gasteiger partial charge in [-0.15, -0.1) is 0 Å². The van der Waals surface area contributed by atoms with Crippen molar-refractivity contribution in [1.82, 2.24) is 4.57 Å². The molecule has 1 aliphatic rings. The highest BCUT2D eigenvalue weighted by Gasteiger charge is 2.33. The fourth-order valence-corrected chi connectivity index (χ4v) is 5.76. The maximum absolute atomic E-state index is 13.7. The third-order valence-corrected chi connectivity index (χ3v) is 8.05. The largest absolute Gasteiger partial charge is 0.489 e. The summed E-state index contributed by atoms with van der Waals surface area (Å²) < 4.78 is 13.1. The van der Waals surface area contributed by atoms with Gasteiger partial charge in [0.15, 0.2) is 4.80 Å². The summed E-state index contributed by atoms with van der Waals surface area (Å²) >= 11 is 13.4. The Balaban J connectivity index is 1.48. The summed E-state index contributed by atoms with van der Waals surface area (Å²) in [6.45, 7) is 2.28. The first-order chi connectivity index (χ1) is 18.9. The second kappa shape index (κ2) is 11.6. The van der Waals surface area contributed by atoms with Crippen molar-refractivity contribution in [2.24, 2.45) is 4.99 Å². The lowest BCUT2D eigenvalue weighted by Crippen LogP contribution is -2.40. The number of carbonyl (C=O) groups excluding carboxylic acids is 1. The molecule has 1 aromatic heterocycles. The van der Waals surface area contributed by atoms with Crippen molar-refractivity contribution in [2.45, 2.75) is 26.0 Å². The number of halogens is 2. The van der Waals surface area contributed by atoms with Crippen LogP contribution in [-0.4, -0.2) is 17.6 Å². The van der Waals surface area contributed by atoms with Crippen LogP contribution in [0.4, 0.5) is 0 Å². The van der Waals surface area contributed by atoms with Crippen LogP contribution in [0, 0.1) is 0 Å². The fourth-order valence-electron chi connectivity index (χ4n) is 4.42. The van der Waals surface area contributed by atoms with E-state index < -0.39 is 12.0 Å². The van der Waals surface area contributed by atoms with Crippen LogP contribution in [0.1, 0.15) is 36.1 Å². The molecule has 9 heteroatoms. The lowest BCUT2D eigenvalue weighted by molar-refractivity contribution is -0.136. The predicted molar refractivity (Wildman–Crippen MR) is 154 cm³/mol. The smallest absolute Gasteiger partial charge is 0.338 e. The third-order valence-electron chi connectivity index (χ3n) is 6.33. The fraction of sp³-hybridized carbons (Fsp3) is 0.167. The van der Waals surface area contributed by atoms with Gasteiger partial charge in [0, 0.05) is 0 Å². The highest BCUT2D eigenvalue weighted by atomic mass is 35.5. The number of thiazole rings is 1. The van der Waals surface area contributed by atoms with Crippen LogP contribution in [0.5, 0.6) is 5.75 Å². The molecule has 0 aliphatic carbocycles. The molecule has 6 nitrogen and oxygen atoms in total. The molecule has 39 heavy (non-hydrogen) atoms. The summed E-state index contributed by atoms with van der Waals surface area (Å²) in [5, 5.41) is 0.978. The van der Waals surface area contributed by atoms with Crippen molar-refractivity contribution in [3.63, 3.8) is 0 Å². The van der Waals surface area contributed by atoms with Gasteiger partial charge in [-0.25, -0.2) is 9.79 Å². The molecule has 0 bridgehead atoms. The Labute approximate surface area is 239 Å². The van der Waals surface area contributed by atoms with Gasteiger partial charge in [-0.2, -0.15) is 0 Å². The predicted octanol–water partition coefficient (Wildman–Crippen LogP) is 5.68. The maximum atomic E-state index is 13.7. The molecule has 0 spiro atoms. The van der Waals surface area contributed by atoms with E-state index in [0.717, 1.165) is 16.7 Å². The first kappa shape index (κ1) is 26.9. The topological polar surface area (TPSA) is 69.9 Å². The van der Waals surface area contributed by atoms with E-state index in [1.54, 1.807) is 16.7 Å². The number of carbonyl (C=O) groups is 1. The van der Waals surface area contributed by atoms with Gasteiger partial charge in [0.05, 0.1) is 39.0 Å². The first-order valence-corrected chi connectivity index (χ1v) is 13.8. The number of methoxy groups -OCH3 is 1. The summed E-state index contributed by atoms with van der Waals surface area (Å²) in [6, 6.07) is 21.7. The molecule has 1 aliphatic heterocycles. The summed E-state index contributed by atoms with van der Waals surface area (Å²) in [5.41, 5.74) is 3.33. The molecule has 5 rings (SSSR count). The second-order valence-electron chi connectivity index (χ2n) is 8.81. The van der Waals surface area contributed by atoms with Crippen molar-refractivity contribution < 1.29 is 14.3 Å². The Hall–Kier alpha value is -3.65. The Morgan fingerprint density at radius 2 is 1.79 bits per heavy atom. The van der Waals surface area contributed by atoms with Crippen LogP contribution in [0.2, 0.25) is 10.0 Å². The van der Waals surface area contributed by atoms with Crippen molar-refractivity contribution in [3.8, 4) is 5.75 Å². The summed E-state index contributed by atoms with van der Waals surface area (Å²) in [6.07, 6.45) is 2.35. The lowest BCUT2D eigenvalue weighted by atomic mass is 9.95. The lowest BCUT2D eigenvalue weighted by Gasteiger charge is -2.25. The summed E-state index contributed by atoms with van der Waals surface area (Å²) in [4.78, 5) is 31.8. The van der Waals surface area contributed by atoms with Gasteiger partial charge in [-0.1, -0.05) is 90.0 Å². The number of nitrogens with zero attached hydrogens (tertiary/aromatic N) is 2. The van der Waals surface area contributed by atoms with E-state index in [-0.39, 0.29) is 5.56 Å². The first-order valence-electron chi connectivity index (χ1n) is 12.2. The molecule has 3 aromatic carbocycles. The van der Waals surface area contributed by atoms with E-state index >= 15 is 0 Å². The van der Waals surface area contributed by atoms with E-state index in [0.29, 0.717) is 49.4 Å². The van der Waals surface area contributed by atoms with Crippen LogP contribution in [0.25, 0.3) is 6.08 Å². The van der Waals surface area contributed by atoms with E-state index in [1.807, 2.05) is 73.7 Å². The number of aromatic nitrogens is 1. The molecule has 0 radical (unpaired) electrons. The quantitative estimate of drug-likeness (QED) is 0.264. The van der Waals surface area contributed by atoms with Gasteiger partial charge in [0.25, 0.3) is 5.56 Å². The number of rotatable bonds is 7. The molecule has 0 fully saturated rings. The van der Waals surface area contributed by atoms with Gasteiger partial charge in [-0.05, 0) is 53.5 Å². The molecule has 0 saturated heterocycles. The van der Waals surface area contributed by atoms with Crippen LogP contribution in [-0.2, 0) is 16.1 Å². The molecule has 0 saturated carbocycles. The van der Waals surface area contributed by atoms with Crippen molar-refractivity contribution >= 4 is 46.6 Å². The van der Waals surface area contributed by atoms with Gasteiger partial charge < -0.3 is 9.47 Å². The van der Waals surface area contributed by atoms with Crippen molar-refractivity contribution in [1.29, 1.82) is 0 Å². The minimum absolute atomic E-state index is 0.218. The van der Waals surface area contributed by atoms with Crippen molar-refractivity contribution in [2.75, 3.05) is 7.11 Å². The molecule has 1 atom stereocenters. The SMILES string of the molecule is CCC1=C(C(=O)OC)[C@@H](c2ccccc2)n2c(s/c(=C\c3ccc(OCc4ccc(Cl)c(Cl)c4)cc3)c2=O)=N1. The van der Waals surface area contributed by atoms with Crippen molar-refractivity contribution in [3.05, 3.63) is 130 Å². The molecule has 198 valence electrons. The highest BCUT2D eigenvalue weighted by molar-refractivity contribution is 7.07. The summed E-state index contributed by atoms with van der Waals surface area (Å²) in [7, 11) is 1.34. The normalized spacial score (nSPS) is 15.1. The molecule has 4 aromatic rings. The van der Waals surface area contributed by atoms with Gasteiger partial charge >= 0.3 is 5.97 Å². The number of ether oxygens (including phenoxy) is 2. The number of hydrogen-bond donors (Lipinski definition) is 0. The minimum Gasteiger partial charge on any atom is -0.489 e. The van der Waals surface area contributed by atoms with Gasteiger partial charge in [0.1, 0.15) is 12.4 Å². The summed E-state index contributed by atoms with van der Waals surface area (Å²) in [5.74, 6) is 0.189. The molecule has 0 amide bonds. The van der Waals surface area contributed by atoms with E-state index in [4.69, 9.17) is 37.7 Å². The standard InChI is InChI=1S/C30H24Cl2N2O4S/c1-3-24-26(29(36)37-2)27(20-7-5-4-6-8-20)34-28(35)25(39-30(34)33-24)16-18-9-12-21(13-10-18)38-17-19-11-14-22(31)23(32)15-19/h4-16,27H,3,17H2,1-2H3/b25-16-/t27-/m1/s1. The zero-order valence-electron chi connectivity index (χ0n) is 21.2. The molecule has 2 heterocycles. The molecular weight excluding hydrogens is 555 g/mol. The number of benzene rings is 3. The number of esters is 1. The Bertz CT molecular complexity index is 1740. The minimum atomic E-state index is -0.621. The van der Waals surface area contributed by atoms with Crippen LogP contribution >= 0.6 is 34.5 Å². The van der Waals surface area contributed by atoms with E-state index in [2.05, 4.69) is 0 Å². The monoisotopic (exact) mass is 578 g/mol.